The fraction of sp³-hybridized carbons (Fsp3) is 0.303. The van der Waals surface area contributed by atoms with Crippen LogP contribution in [0.2, 0.25) is 0 Å². The average molecular weight is 577 g/mol. The molecule has 0 aromatic heterocycles. The molecule has 2 N–H and O–H groups in total. The molecule has 0 fully saturated rings. The second-order valence-electron chi connectivity index (χ2n) is 10.2. The van der Waals surface area contributed by atoms with Crippen molar-refractivity contribution in [3.63, 3.8) is 0 Å². The maximum absolute atomic E-state index is 13.2. The molecule has 0 spiro atoms. The van der Waals surface area contributed by atoms with Crippen molar-refractivity contribution in [2.75, 3.05) is 54.5 Å². The van der Waals surface area contributed by atoms with Crippen molar-refractivity contribution in [2.24, 2.45) is 0 Å². The number of likely N-dealkylation sites (N-methyl/N-ethyl adjacent to an activating group) is 2. The van der Waals surface area contributed by atoms with E-state index in [-0.39, 0.29) is 5.78 Å². The van der Waals surface area contributed by atoms with Crippen LogP contribution in [-0.2, 0) is 9.59 Å². The van der Waals surface area contributed by atoms with Gasteiger partial charge in [0.05, 0.1) is 5.56 Å². The van der Waals surface area contributed by atoms with Gasteiger partial charge in [-0.1, -0.05) is 47.5 Å². The van der Waals surface area contributed by atoms with Crippen LogP contribution in [0.25, 0.3) is 17.2 Å². The van der Waals surface area contributed by atoms with E-state index in [0.29, 0.717) is 24.5 Å². The molecule has 0 saturated carbocycles. The molecule has 0 aliphatic rings. The van der Waals surface area contributed by atoms with Gasteiger partial charge in [0.15, 0.2) is 5.78 Å². The standard InChI is InChI=1S/C31H38N2O3.C2H2O4/c1-23-19-24(2)21-27(20-23)25-12-14-30(35-17-15-32(3)4)26(22-25)11-13-29(34)28-9-7-8-10-31(28)36-18-16-33(5)6;3-1(4)2(5)6/h7-14,19-22H,15-18H2,1-6H3;(H,3,4)(H,5,6)/b13-11+;. The Bertz CT molecular complexity index is 1360. The van der Waals surface area contributed by atoms with E-state index in [1.54, 1.807) is 12.1 Å². The normalized spacial score (nSPS) is 10.9. The van der Waals surface area contributed by atoms with Crippen LogP contribution in [0.5, 0.6) is 11.5 Å². The molecule has 9 nitrogen and oxygen atoms in total. The lowest BCUT2D eigenvalue weighted by atomic mass is 9.98. The minimum atomic E-state index is -1.82. The van der Waals surface area contributed by atoms with Gasteiger partial charge in [-0.05, 0) is 89.6 Å². The molecule has 9 heteroatoms. The van der Waals surface area contributed by atoms with Crippen molar-refractivity contribution in [3.8, 4) is 22.6 Å². The first-order valence-electron chi connectivity index (χ1n) is 13.4. The van der Waals surface area contributed by atoms with Gasteiger partial charge < -0.3 is 29.5 Å². The van der Waals surface area contributed by atoms with Crippen LogP contribution in [0, 0.1) is 13.8 Å². The minimum Gasteiger partial charge on any atom is -0.492 e. The molecule has 0 aliphatic carbocycles. The zero-order valence-electron chi connectivity index (χ0n) is 25.1. The molecular formula is C33H40N2O7. The zero-order chi connectivity index (χ0) is 31.2. The molecule has 0 radical (unpaired) electrons. The Morgan fingerprint density at radius 3 is 1.81 bits per heavy atom. The number of rotatable bonds is 12. The van der Waals surface area contributed by atoms with Gasteiger partial charge in [0, 0.05) is 18.7 Å². The highest BCUT2D eigenvalue weighted by atomic mass is 16.5. The highest BCUT2D eigenvalue weighted by Gasteiger charge is 2.11. The number of benzene rings is 3. The van der Waals surface area contributed by atoms with Gasteiger partial charge in [-0.3, -0.25) is 4.79 Å². The Kier molecular flexibility index (Phi) is 13.4. The maximum atomic E-state index is 13.2. The Hall–Kier alpha value is -4.47. The fourth-order valence-electron chi connectivity index (χ4n) is 3.86. The molecular weight excluding hydrogens is 536 g/mol. The van der Waals surface area contributed by atoms with E-state index in [4.69, 9.17) is 29.3 Å². The number of ether oxygens (including phenoxy) is 2. The van der Waals surface area contributed by atoms with Gasteiger partial charge in [0.25, 0.3) is 0 Å². The second-order valence-corrected chi connectivity index (χ2v) is 10.2. The number of carboxylic acids is 2. The predicted octanol–water partition coefficient (Wildman–Crippen LogP) is 4.90. The summed E-state index contributed by atoms with van der Waals surface area (Å²) in [5.41, 5.74) is 6.08. The van der Waals surface area contributed by atoms with Crippen LogP contribution in [0.4, 0.5) is 0 Å². The fourth-order valence-corrected chi connectivity index (χ4v) is 3.86. The molecule has 0 bridgehead atoms. The third-order valence-corrected chi connectivity index (χ3v) is 5.91. The van der Waals surface area contributed by atoms with Crippen LogP contribution in [0.3, 0.4) is 0 Å². The topological polar surface area (TPSA) is 117 Å². The molecule has 0 amide bonds. The van der Waals surface area contributed by atoms with E-state index in [0.717, 1.165) is 35.5 Å². The maximum Gasteiger partial charge on any atom is 0.414 e. The first kappa shape index (κ1) is 33.7. The van der Waals surface area contributed by atoms with E-state index in [1.165, 1.54) is 11.1 Å². The Balaban J connectivity index is 0.000000928. The molecule has 3 rings (SSSR count). The summed E-state index contributed by atoms with van der Waals surface area (Å²) in [6.07, 6.45) is 3.45. The predicted molar refractivity (Wildman–Crippen MR) is 165 cm³/mol. The third kappa shape index (κ3) is 11.6. The quantitative estimate of drug-likeness (QED) is 0.176. The number of nitrogens with zero attached hydrogens (tertiary/aromatic N) is 2. The number of hydrogen-bond acceptors (Lipinski definition) is 7. The second kappa shape index (κ2) is 16.7. The molecule has 0 aliphatic heterocycles. The van der Waals surface area contributed by atoms with E-state index < -0.39 is 11.9 Å². The summed E-state index contributed by atoms with van der Waals surface area (Å²) in [5, 5.41) is 14.8. The number of ketones is 1. The lowest BCUT2D eigenvalue weighted by Gasteiger charge is -2.14. The molecule has 3 aromatic carbocycles. The summed E-state index contributed by atoms with van der Waals surface area (Å²) in [6, 6.07) is 20.1. The Morgan fingerprint density at radius 1 is 0.714 bits per heavy atom. The van der Waals surface area contributed by atoms with E-state index in [1.807, 2.05) is 63.4 Å². The Labute approximate surface area is 247 Å². The molecule has 0 saturated heterocycles. The van der Waals surface area contributed by atoms with Gasteiger partial charge in [0.2, 0.25) is 0 Å². The largest absolute Gasteiger partial charge is 0.492 e. The molecule has 0 unspecified atom stereocenters. The summed E-state index contributed by atoms with van der Waals surface area (Å²) < 4.78 is 12.0. The number of carboxylic acid groups (broad SMARTS) is 2. The Morgan fingerprint density at radius 2 is 1.26 bits per heavy atom. The number of carbonyl (C=O) groups excluding carboxylic acids is 1. The lowest BCUT2D eigenvalue weighted by molar-refractivity contribution is -0.159. The van der Waals surface area contributed by atoms with Crippen molar-refractivity contribution >= 4 is 23.8 Å². The summed E-state index contributed by atoms with van der Waals surface area (Å²) >= 11 is 0. The summed E-state index contributed by atoms with van der Waals surface area (Å²) in [6.45, 7) is 6.87. The number of allylic oxidation sites excluding steroid dienone is 1. The number of carbonyl (C=O) groups is 3. The first-order valence-corrected chi connectivity index (χ1v) is 13.4. The molecule has 0 heterocycles. The first-order chi connectivity index (χ1) is 19.9. The minimum absolute atomic E-state index is 0.105. The van der Waals surface area contributed by atoms with Crippen molar-refractivity contribution in [1.29, 1.82) is 0 Å². The lowest BCUT2D eigenvalue weighted by Crippen LogP contribution is -2.20. The zero-order valence-corrected chi connectivity index (χ0v) is 25.1. The highest BCUT2D eigenvalue weighted by molar-refractivity contribution is 6.27. The van der Waals surface area contributed by atoms with Gasteiger partial charge in [-0.25, -0.2) is 9.59 Å². The number of aliphatic carboxylic acids is 2. The van der Waals surface area contributed by atoms with E-state index in [2.05, 4.69) is 49.1 Å². The molecule has 0 atom stereocenters. The number of aryl methyl sites for hydroxylation is 2. The SMILES string of the molecule is Cc1cc(C)cc(-c2ccc(OCCN(C)C)c(/C=C/C(=O)c3ccccc3OCCN(C)C)c2)c1.O=C(O)C(=O)O. The van der Waals surface area contributed by atoms with Gasteiger partial charge in [-0.15, -0.1) is 0 Å². The molecule has 42 heavy (non-hydrogen) atoms. The van der Waals surface area contributed by atoms with Gasteiger partial charge >= 0.3 is 11.9 Å². The third-order valence-electron chi connectivity index (χ3n) is 5.91. The molecule has 224 valence electrons. The van der Waals surface area contributed by atoms with E-state index in [9.17, 15) is 4.79 Å². The van der Waals surface area contributed by atoms with Crippen molar-refractivity contribution in [2.45, 2.75) is 13.8 Å². The van der Waals surface area contributed by atoms with Crippen molar-refractivity contribution in [3.05, 3.63) is 89.0 Å². The number of hydrogen-bond donors (Lipinski definition) is 2. The smallest absolute Gasteiger partial charge is 0.414 e. The van der Waals surface area contributed by atoms with Crippen molar-refractivity contribution < 1.29 is 34.1 Å². The van der Waals surface area contributed by atoms with Crippen molar-refractivity contribution in [1.82, 2.24) is 9.80 Å². The van der Waals surface area contributed by atoms with Gasteiger partial charge in [0.1, 0.15) is 24.7 Å². The average Bonchev–Trinajstić information content (AvgIpc) is 2.92. The van der Waals surface area contributed by atoms with Crippen LogP contribution in [0.1, 0.15) is 27.0 Å². The van der Waals surface area contributed by atoms with Crippen LogP contribution in [0.15, 0.2) is 66.7 Å². The number of para-hydroxylation sites is 1. The van der Waals surface area contributed by atoms with Crippen LogP contribution >= 0.6 is 0 Å². The highest BCUT2D eigenvalue weighted by Crippen LogP contribution is 2.30. The monoisotopic (exact) mass is 576 g/mol. The summed E-state index contributed by atoms with van der Waals surface area (Å²) in [7, 11) is 8.02. The summed E-state index contributed by atoms with van der Waals surface area (Å²) in [4.78, 5) is 35.5. The van der Waals surface area contributed by atoms with Crippen LogP contribution < -0.4 is 9.47 Å². The van der Waals surface area contributed by atoms with E-state index >= 15 is 0 Å². The summed E-state index contributed by atoms with van der Waals surface area (Å²) in [5.74, 6) is -2.40. The van der Waals surface area contributed by atoms with Gasteiger partial charge in [-0.2, -0.15) is 0 Å². The molecule has 3 aromatic rings. The van der Waals surface area contributed by atoms with Crippen LogP contribution in [-0.4, -0.2) is 92.2 Å².